The summed E-state index contributed by atoms with van der Waals surface area (Å²) in [6, 6.07) is 10.6. The molecule has 1 aliphatic rings. The van der Waals surface area contributed by atoms with E-state index in [-0.39, 0.29) is 5.41 Å². The van der Waals surface area contributed by atoms with Crippen molar-refractivity contribution >= 4 is 5.82 Å². The van der Waals surface area contributed by atoms with Gasteiger partial charge in [0.1, 0.15) is 5.82 Å². The zero-order valence-electron chi connectivity index (χ0n) is 13.3. The van der Waals surface area contributed by atoms with Crippen LogP contribution in [-0.4, -0.2) is 17.0 Å². The molecule has 0 unspecified atom stereocenters. The van der Waals surface area contributed by atoms with Crippen LogP contribution in [0.2, 0.25) is 0 Å². The molecule has 0 spiro atoms. The van der Waals surface area contributed by atoms with Gasteiger partial charge in [-0.2, -0.15) is 0 Å². The largest absolute Gasteiger partial charge is 0.373 e. The van der Waals surface area contributed by atoms with E-state index in [1.165, 1.54) is 24.0 Å². The molecule has 1 aromatic heterocycles. The molecule has 1 fully saturated rings. The Morgan fingerprint density at radius 1 is 1.10 bits per heavy atom. The van der Waals surface area contributed by atoms with Gasteiger partial charge in [0.25, 0.3) is 0 Å². The summed E-state index contributed by atoms with van der Waals surface area (Å²) in [5, 5.41) is 3.16. The molecule has 0 amide bonds. The lowest BCUT2D eigenvalue weighted by Crippen LogP contribution is -2.15. The molecule has 3 heteroatoms. The first-order valence-electron chi connectivity index (χ1n) is 7.65. The fraction of sp³-hybridized carbons (Fsp3) is 0.444. The van der Waals surface area contributed by atoms with E-state index in [9.17, 15) is 0 Å². The molecule has 0 aliphatic heterocycles. The SMILES string of the molecule is CNc1cc(C(C)(C)C)nc(-c2ccccc2C2CC2)n1. The van der Waals surface area contributed by atoms with Crippen LogP contribution < -0.4 is 5.32 Å². The smallest absolute Gasteiger partial charge is 0.162 e. The molecular weight excluding hydrogens is 258 g/mol. The van der Waals surface area contributed by atoms with Crippen molar-refractivity contribution in [3.05, 3.63) is 41.6 Å². The van der Waals surface area contributed by atoms with Crippen LogP contribution in [0.25, 0.3) is 11.4 Å². The first-order valence-corrected chi connectivity index (χ1v) is 7.65. The number of nitrogens with one attached hydrogen (secondary N) is 1. The quantitative estimate of drug-likeness (QED) is 0.908. The first-order chi connectivity index (χ1) is 9.99. The molecule has 0 atom stereocenters. The Balaban J connectivity index is 2.14. The third-order valence-electron chi connectivity index (χ3n) is 3.97. The van der Waals surface area contributed by atoms with E-state index in [0.717, 1.165) is 17.3 Å². The minimum absolute atomic E-state index is 0.0117. The highest BCUT2D eigenvalue weighted by Gasteiger charge is 2.27. The molecule has 2 aromatic rings. The van der Waals surface area contributed by atoms with E-state index in [4.69, 9.17) is 4.98 Å². The molecular formula is C18H23N3. The molecule has 1 aromatic carbocycles. The fourth-order valence-corrected chi connectivity index (χ4v) is 2.53. The zero-order valence-corrected chi connectivity index (χ0v) is 13.3. The average molecular weight is 281 g/mol. The predicted molar refractivity (Wildman–Crippen MR) is 87.7 cm³/mol. The normalized spacial score (nSPS) is 15.0. The van der Waals surface area contributed by atoms with Crippen molar-refractivity contribution in [3.63, 3.8) is 0 Å². The second-order valence-corrected chi connectivity index (χ2v) is 6.82. The number of hydrogen-bond donors (Lipinski definition) is 1. The number of benzene rings is 1. The Hall–Kier alpha value is -1.90. The van der Waals surface area contributed by atoms with Gasteiger partial charge in [-0.3, -0.25) is 0 Å². The molecule has 1 N–H and O–H groups in total. The van der Waals surface area contributed by atoms with E-state index < -0.39 is 0 Å². The van der Waals surface area contributed by atoms with E-state index in [1.807, 2.05) is 13.1 Å². The molecule has 21 heavy (non-hydrogen) atoms. The number of aromatic nitrogens is 2. The van der Waals surface area contributed by atoms with Gasteiger partial charge in [-0.05, 0) is 24.3 Å². The van der Waals surface area contributed by atoms with Gasteiger partial charge in [0.15, 0.2) is 5.82 Å². The van der Waals surface area contributed by atoms with Crippen molar-refractivity contribution in [2.24, 2.45) is 0 Å². The molecule has 3 nitrogen and oxygen atoms in total. The van der Waals surface area contributed by atoms with Gasteiger partial charge >= 0.3 is 0 Å². The fourth-order valence-electron chi connectivity index (χ4n) is 2.53. The number of hydrogen-bond acceptors (Lipinski definition) is 3. The molecule has 1 heterocycles. The summed E-state index contributed by atoms with van der Waals surface area (Å²) in [6.45, 7) is 6.56. The van der Waals surface area contributed by atoms with Crippen LogP contribution in [0.5, 0.6) is 0 Å². The first kappa shape index (κ1) is 14.1. The summed E-state index contributed by atoms with van der Waals surface area (Å²) >= 11 is 0. The molecule has 3 rings (SSSR count). The van der Waals surface area contributed by atoms with Crippen molar-refractivity contribution < 1.29 is 0 Å². The van der Waals surface area contributed by atoms with Gasteiger partial charge < -0.3 is 5.32 Å². The minimum Gasteiger partial charge on any atom is -0.373 e. The van der Waals surface area contributed by atoms with E-state index in [2.05, 4.69) is 55.3 Å². The van der Waals surface area contributed by atoms with Gasteiger partial charge in [0, 0.05) is 24.1 Å². The summed E-state index contributed by atoms with van der Waals surface area (Å²) in [5.41, 5.74) is 3.66. The van der Waals surface area contributed by atoms with Gasteiger partial charge in [0.2, 0.25) is 0 Å². The van der Waals surface area contributed by atoms with Crippen molar-refractivity contribution in [1.82, 2.24) is 9.97 Å². The lowest BCUT2D eigenvalue weighted by atomic mass is 9.91. The number of nitrogens with zero attached hydrogens (tertiary/aromatic N) is 2. The minimum atomic E-state index is 0.0117. The van der Waals surface area contributed by atoms with E-state index in [0.29, 0.717) is 5.92 Å². The summed E-state index contributed by atoms with van der Waals surface area (Å²) in [5.74, 6) is 2.42. The van der Waals surface area contributed by atoms with Gasteiger partial charge in [-0.1, -0.05) is 45.0 Å². The van der Waals surface area contributed by atoms with Crippen LogP contribution in [-0.2, 0) is 5.41 Å². The maximum absolute atomic E-state index is 4.84. The summed E-state index contributed by atoms with van der Waals surface area (Å²) < 4.78 is 0. The topological polar surface area (TPSA) is 37.8 Å². The summed E-state index contributed by atoms with van der Waals surface area (Å²) in [4.78, 5) is 9.53. The second kappa shape index (κ2) is 5.14. The lowest BCUT2D eigenvalue weighted by molar-refractivity contribution is 0.568. The predicted octanol–water partition coefficient (Wildman–Crippen LogP) is 4.36. The third-order valence-corrected chi connectivity index (χ3v) is 3.97. The van der Waals surface area contributed by atoms with Crippen LogP contribution >= 0.6 is 0 Å². The van der Waals surface area contributed by atoms with Crippen molar-refractivity contribution in [1.29, 1.82) is 0 Å². The van der Waals surface area contributed by atoms with Crippen molar-refractivity contribution in [2.45, 2.75) is 44.9 Å². The maximum atomic E-state index is 4.84. The van der Waals surface area contributed by atoms with E-state index in [1.54, 1.807) is 0 Å². The molecule has 0 radical (unpaired) electrons. The molecule has 110 valence electrons. The standard InChI is InChI=1S/C18H23N3/c1-18(2,3)15-11-16(19-4)21-17(20-15)14-8-6-5-7-13(14)12-9-10-12/h5-8,11-12H,9-10H2,1-4H3,(H,19,20,21). The highest BCUT2D eigenvalue weighted by Crippen LogP contribution is 2.44. The van der Waals surface area contributed by atoms with Crippen LogP contribution in [0.15, 0.2) is 30.3 Å². The number of anilines is 1. The van der Waals surface area contributed by atoms with Crippen LogP contribution in [0.1, 0.15) is 50.8 Å². The molecule has 0 saturated heterocycles. The Labute approximate surface area is 126 Å². The second-order valence-electron chi connectivity index (χ2n) is 6.82. The average Bonchev–Trinajstić information content (AvgIpc) is 3.30. The van der Waals surface area contributed by atoms with Gasteiger partial charge in [-0.15, -0.1) is 0 Å². The van der Waals surface area contributed by atoms with Crippen LogP contribution in [0, 0.1) is 0 Å². The van der Waals surface area contributed by atoms with Gasteiger partial charge in [0.05, 0.1) is 5.69 Å². The van der Waals surface area contributed by atoms with Crippen molar-refractivity contribution in [3.8, 4) is 11.4 Å². The maximum Gasteiger partial charge on any atom is 0.162 e. The molecule has 1 aliphatic carbocycles. The van der Waals surface area contributed by atoms with Gasteiger partial charge in [-0.25, -0.2) is 9.97 Å². The Morgan fingerprint density at radius 3 is 2.43 bits per heavy atom. The highest BCUT2D eigenvalue weighted by molar-refractivity contribution is 5.64. The Kier molecular flexibility index (Phi) is 3.44. The monoisotopic (exact) mass is 281 g/mol. The lowest BCUT2D eigenvalue weighted by Gasteiger charge is -2.20. The third kappa shape index (κ3) is 2.92. The highest BCUT2D eigenvalue weighted by atomic mass is 15.0. The van der Waals surface area contributed by atoms with Crippen LogP contribution in [0.4, 0.5) is 5.82 Å². The zero-order chi connectivity index (χ0) is 15.0. The summed E-state index contributed by atoms with van der Waals surface area (Å²) in [6.07, 6.45) is 2.57. The molecule has 0 bridgehead atoms. The number of rotatable bonds is 3. The van der Waals surface area contributed by atoms with E-state index >= 15 is 0 Å². The van der Waals surface area contributed by atoms with Crippen molar-refractivity contribution in [2.75, 3.05) is 12.4 Å². The molecule has 1 saturated carbocycles. The Morgan fingerprint density at radius 2 is 1.81 bits per heavy atom. The Bertz CT molecular complexity index is 652. The summed E-state index contributed by atoms with van der Waals surface area (Å²) in [7, 11) is 1.91. The van der Waals surface area contributed by atoms with Crippen LogP contribution in [0.3, 0.4) is 0 Å².